The lowest BCUT2D eigenvalue weighted by atomic mass is 9.85. The van der Waals surface area contributed by atoms with Crippen molar-refractivity contribution >= 4 is 5.91 Å². The molecule has 2 aliphatic rings. The highest BCUT2D eigenvalue weighted by molar-refractivity contribution is 5.76. The first-order chi connectivity index (χ1) is 6.14. The topological polar surface area (TPSA) is 78.6 Å². The van der Waals surface area contributed by atoms with Crippen LogP contribution < -0.4 is 11.3 Å². The number of nitrogens with zero attached hydrogens (tertiary/aromatic N) is 1. The maximum atomic E-state index is 11.0. The Kier molecular flexibility index (Phi) is 2.02. The summed E-state index contributed by atoms with van der Waals surface area (Å²) in [5, 5.41) is 10.1. The molecule has 0 spiro atoms. The molecule has 3 unspecified atom stereocenters. The lowest BCUT2D eigenvalue weighted by Crippen LogP contribution is -2.47. The van der Waals surface area contributed by atoms with Crippen molar-refractivity contribution in [3.63, 3.8) is 0 Å². The van der Waals surface area contributed by atoms with Crippen LogP contribution in [0.1, 0.15) is 12.8 Å². The minimum atomic E-state index is -0.832. The Bertz CT molecular complexity index is 233. The first-order valence-electron chi connectivity index (χ1n) is 4.58. The molecule has 5 nitrogen and oxygen atoms in total. The summed E-state index contributed by atoms with van der Waals surface area (Å²) in [6.45, 7) is 2.59. The van der Waals surface area contributed by atoms with Crippen molar-refractivity contribution in [1.29, 1.82) is 0 Å². The minimum Gasteiger partial charge on any atom is -0.388 e. The van der Waals surface area contributed by atoms with Crippen molar-refractivity contribution in [2.75, 3.05) is 19.6 Å². The van der Waals surface area contributed by atoms with Gasteiger partial charge in [0.05, 0.1) is 12.0 Å². The molecule has 1 amide bonds. The van der Waals surface area contributed by atoms with Gasteiger partial charge in [-0.2, -0.15) is 0 Å². The lowest BCUT2D eigenvalue weighted by Gasteiger charge is -2.31. The number of piperidine rings is 1. The van der Waals surface area contributed by atoms with E-state index >= 15 is 0 Å². The zero-order valence-corrected chi connectivity index (χ0v) is 7.49. The van der Waals surface area contributed by atoms with Crippen LogP contribution in [0.25, 0.3) is 0 Å². The van der Waals surface area contributed by atoms with Crippen LogP contribution in [0.5, 0.6) is 0 Å². The molecule has 2 bridgehead atoms. The fourth-order valence-corrected chi connectivity index (χ4v) is 2.46. The van der Waals surface area contributed by atoms with Gasteiger partial charge >= 0.3 is 0 Å². The van der Waals surface area contributed by atoms with Crippen LogP contribution in [0.2, 0.25) is 0 Å². The lowest BCUT2D eigenvalue weighted by molar-refractivity contribution is -0.127. The number of fused-ring (bicyclic) bond motifs is 2. The van der Waals surface area contributed by atoms with Gasteiger partial charge in [-0.05, 0) is 13.0 Å². The number of amides is 1. The number of aliphatic hydroxyl groups is 1. The van der Waals surface area contributed by atoms with Crippen LogP contribution in [0.15, 0.2) is 0 Å². The highest BCUT2D eigenvalue weighted by Gasteiger charge is 2.49. The van der Waals surface area contributed by atoms with Gasteiger partial charge in [0.1, 0.15) is 0 Å². The molecule has 0 aromatic heterocycles. The van der Waals surface area contributed by atoms with Crippen LogP contribution in [-0.4, -0.2) is 41.1 Å². The molecule has 0 aromatic carbocycles. The van der Waals surface area contributed by atoms with Gasteiger partial charge in [-0.3, -0.25) is 10.2 Å². The Hall–Kier alpha value is -0.650. The monoisotopic (exact) mass is 185 g/mol. The van der Waals surface area contributed by atoms with Gasteiger partial charge in [0.2, 0.25) is 5.91 Å². The highest BCUT2D eigenvalue weighted by atomic mass is 16.3. The van der Waals surface area contributed by atoms with Crippen molar-refractivity contribution < 1.29 is 9.90 Å². The van der Waals surface area contributed by atoms with Crippen LogP contribution in [0.3, 0.4) is 0 Å². The predicted molar refractivity (Wildman–Crippen MR) is 46.4 cm³/mol. The predicted octanol–water partition coefficient (Wildman–Crippen LogP) is -1.57. The molecule has 2 fully saturated rings. The summed E-state index contributed by atoms with van der Waals surface area (Å²) in [7, 11) is 0. The summed E-state index contributed by atoms with van der Waals surface area (Å²) in [6, 6.07) is 0. The molecule has 0 radical (unpaired) electrons. The molecule has 0 aliphatic carbocycles. The number of hydrazine groups is 1. The quantitative estimate of drug-likeness (QED) is 0.276. The average Bonchev–Trinajstić information content (AvgIpc) is 2.62. The summed E-state index contributed by atoms with van der Waals surface area (Å²) in [4.78, 5) is 13.2. The Morgan fingerprint density at radius 3 is 3.00 bits per heavy atom. The Morgan fingerprint density at radius 2 is 2.54 bits per heavy atom. The number of rotatable bonds is 2. The molecule has 0 saturated carbocycles. The van der Waals surface area contributed by atoms with Gasteiger partial charge in [0.25, 0.3) is 0 Å². The number of carbonyl (C=O) groups excluding carboxylic acids is 1. The summed E-state index contributed by atoms with van der Waals surface area (Å²) < 4.78 is 0. The van der Waals surface area contributed by atoms with Crippen molar-refractivity contribution in [3.8, 4) is 0 Å². The normalized spacial score (nSPS) is 42.3. The smallest absolute Gasteiger partial charge is 0.236 e. The highest BCUT2D eigenvalue weighted by Crippen LogP contribution is 2.38. The van der Waals surface area contributed by atoms with E-state index in [-0.39, 0.29) is 18.2 Å². The molecule has 0 aromatic rings. The summed E-state index contributed by atoms with van der Waals surface area (Å²) >= 11 is 0. The van der Waals surface area contributed by atoms with Crippen molar-refractivity contribution in [2.45, 2.75) is 18.4 Å². The molecular weight excluding hydrogens is 170 g/mol. The van der Waals surface area contributed by atoms with Gasteiger partial charge in [-0.25, -0.2) is 5.84 Å². The second-order valence-electron chi connectivity index (χ2n) is 4.07. The molecule has 2 aliphatic heterocycles. The number of nitrogens with two attached hydrogens (primary N) is 1. The Morgan fingerprint density at radius 1 is 1.77 bits per heavy atom. The average molecular weight is 185 g/mol. The first kappa shape index (κ1) is 8.93. The van der Waals surface area contributed by atoms with E-state index in [1.165, 1.54) is 0 Å². The van der Waals surface area contributed by atoms with Crippen LogP contribution in [0.4, 0.5) is 0 Å². The van der Waals surface area contributed by atoms with E-state index in [9.17, 15) is 9.90 Å². The molecule has 13 heavy (non-hydrogen) atoms. The van der Waals surface area contributed by atoms with E-state index in [1.54, 1.807) is 0 Å². The fourth-order valence-electron chi connectivity index (χ4n) is 2.46. The molecule has 2 rings (SSSR count). The molecule has 3 atom stereocenters. The first-order valence-corrected chi connectivity index (χ1v) is 4.58. The second-order valence-corrected chi connectivity index (χ2v) is 4.07. The minimum absolute atomic E-state index is 0.130. The molecule has 2 heterocycles. The van der Waals surface area contributed by atoms with Gasteiger partial charge < -0.3 is 10.0 Å². The van der Waals surface area contributed by atoms with E-state index in [0.29, 0.717) is 6.54 Å². The third kappa shape index (κ3) is 1.43. The standard InChI is InChI=1S/C8H15N3O2/c9-10-7(12)3-8(13)5-11-2-1-6(8)4-11/h6,13H,1-5,9H2,(H,10,12). The molecule has 74 valence electrons. The number of hydrogen-bond acceptors (Lipinski definition) is 4. The van der Waals surface area contributed by atoms with Crippen LogP contribution in [-0.2, 0) is 4.79 Å². The Balaban J connectivity index is 2.01. The molecular formula is C8H15N3O2. The third-order valence-electron chi connectivity index (χ3n) is 3.16. The van der Waals surface area contributed by atoms with Crippen molar-refractivity contribution in [1.82, 2.24) is 10.3 Å². The third-order valence-corrected chi connectivity index (χ3v) is 3.16. The molecule has 4 N–H and O–H groups in total. The maximum absolute atomic E-state index is 11.0. The van der Waals surface area contributed by atoms with Crippen LogP contribution >= 0.6 is 0 Å². The van der Waals surface area contributed by atoms with Crippen LogP contribution in [0, 0.1) is 5.92 Å². The van der Waals surface area contributed by atoms with Crippen molar-refractivity contribution in [3.05, 3.63) is 0 Å². The summed E-state index contributed by atoms with van der Waals surface area (Å²) in [5.74, 6) is 4.96. The van der Waals surface area contributed by atoms with Gasteiger partial charge in [-0.15, -0.1) is 0 Å². The zero-order chi connectivity index (χ0) is 9.47. The number of nitrogens with one attached hydrogen (secondary N) is 1. The second kappa shape index (κ2) is 2.94. The Labute approximate surface area is 76.9 Å². The van der Waals surface area contributed by atoms with E-state index in [1.807, 2.05) is 0 Å². The summed E-state index contributed by atoms with van der Waals surface area (Å²) in [5.41, 5.74) is 1.23. The van der Waals surface area contributed by atoms with E-state index < -0.39 is 5.60 Å². The number of hydrogen-bond donors (Lipinski definition) is 3. The van der Waals surface area contributed by atoms with Gasteiger partial charge in [0.15, 0.2) is 0 Å². The largest absolute Gasteiger partial charge is 0.388 e. The molecule has 2 saturated heterocycles. The van der Waals surface area contributed by atoms with E-state index in [0.717, 1.165) is 19.5 Å². The number of carbonyl (C=O) groups is 1. The van der Waals surface area contributed by atoms with E-state index in [4.69, 9.17) is 5.84 Å². The van der Waals surface area contributed by atoms with Crippen molar-refractivity contribution in [2.24, 2.45) is 11.8 Å². The van der Waals surface area contributed by atoms with Gasteiger partial charge in [0, 0.05) is 19.0 Å². The SMILES string of the molecule is NNC(=O)CC1(O)CN2CCC1C2. The fraction of sp³-hybridized carbons (Fsp3) is 0.875. The zero-order valence-electron chi connectivity index (χ0n) is 7.49. The van der Waals surface area contributed by atoms with E-state index in [2.05, 4.69) is 10.3 Å². The maximum Gasteiger partial charge on any atom is 0.236 e. The van der Waals surface area contributed by atoms with Gasteiger partial charge in [-0.1, -0.05) is 0 Å². The molecule has 5 heteroatoms. The summed E-state index contributed by atoms with van der Waals surface area (Å²) in [6.07, 6.45) is 1.12.